The highest BCUT2D eigenvalue weighted by Gasteiger charge is 1.92. The Kier molecular flexibility index (Phi) is 14.6. The Labute approximate surface area is 108 Å². The summed E-state index contributed by atoms with van der Waals surface area (Å²) in [5.41, 5.74) is 0. The molecule has 0 aromatic heterocycles. The van der Waals surface area contributed by atoms with E-state index < -0.39 is 0 Å². The summed E-state index contributed by atoms with van der Waals surface area (Å²) in [6.45, 7) is 3.74. The molecule has 1 heteroatoms. The molecule has 0 aromatic carbocycles. The zero-order chi connectivity index (χ0) is 12.6. The minimum Gasteiger partial charge on any atom is -0.516 e. The van der Waals surface area contributed by atoms with Crippen molar-refractivity contribution in [3.63, 3.8) is 0 Å². The summed E-state index contributed by atoms with van der Waals surface area (Å²) < 4.78 is 0. The standard InChI is InChI=1S/C16H30O/c1-2-3-4-5-6-7-8-9-10-11-12-13-14-15-16-17/h2,15-17H,1,3-14H2. The molecule has 1 nitrogen and oxygen atoms in total. The van der Waals surface area contributed by atoms with Crippen LogP contribution in [0.5, 0.6) is 0 Å². The molecule has 17 heavy (non-hydrogen) atoms. The van der Waals surface area contributed by atoms with Gasteiger partial charge in [-0.15, -0.1) is 6.58 Å². The van der Waals surface area contributed by atoms with E-state index in [4.69, 9.17) is 5.11 Å². The summed E-state index contributed by atoms with van der Waals surface area (Å²) in [7, 11) is 0. The van der Waals surface area contributed by atoms with Gasteiger partial charge in [-0.05, 0) is 25.7 Å². The Balaban J connectivity index is 2.91. The van der Waals surface area contributed by atoms with Crippen LogP contribution in [0.1, 0.15) is 77.0 Å². The topological polar surface area (TPSA) is 20.2 Å². The molecule has 0 aliphatic rings. The van der Waals surface area contributed by atoms with Crippen LogP contribution in [-0.4, -0.2) is 5.11 Å². The molecular weight excluding hydrogens is 208 g/mol. The number of allylic oxidation sites excluding steroid dienone is 2. The number of aliphatic hydroxyl groups excluding tert-OH is 1. The van der Waals surface area contributed by atoms with Crippen LogP contribution in [-0.2, 0) is 0 Å². The number of unbranched alkanes of at least 4 members (excludes halogenated alkanes) is 11. The van der Waals surface area contributed by atoms with Gasteiger partial charge in [0.15, 0.2) is 0 Å². The number of aliphatic hydroxyl groups is 1. The number of rotatable bonds is 13. The third-order valence-corrected chi connectivity index (χ3v) is 3.13. The van der Waals surface area contributed by atoms with E-state index in [2.05, 4.69) is 6.58 Å². The van der Waals surface area contributed by atoms with E-state index in [9.17, 15) is 0 Å². The van der Waals surface area contributed by atoms with Gasteiger partial charge in [0.1, 0.15) is 0 Å². The van der Waals surface area contributed by atoms with Crippen LogP contribution in [0.25, 0.3) is 0 Å². The second kappa shape index (κ2) is 15.3. The fourth-order valence-corrected chi connectivity index (χ4v) is 2.04. The SMILES string of the molecule is C=CCCCCCCCCCCCCC=CO. The maximum Gasteiger partial charge on any atom is 0.0751 e. The van der Waals surface area contributed by atoms with Gasteiger partial charge in [0.05, 0.1) is 6.26 Å². The Hall–Kier alpha value is -0.720. The van der Waals surface area contributed by atoms with Gasteiger partial charge in [-0.25, -0.2) is 0 Å². The first-order chi connectivity index (χ1) is 8.41. The molecule has 0 radical (unpaired) electrons. The normalized spacial score (nSPS) is 11.1. The van der Waals surface area contributed by atoms with Crippen molar-refractivity contribution < 1.29 is 5.11 Å². The Bertz CT molecular complexity index is 172. The third-order valence-electron chi connectivity index (χ3n) is 3.13. The van der Waals surface area contributed by atoms with E-state index in [0.29, 0.717) is 0 Å². The van der Waals surface area contributed by atoms with Crippen molar-refractivity contribution in [2.45, 2.75) is 77.0 Å². The monoisotopic (exact) mass is 238 g/mol. The minimum atomic E-state index is 1.03. The van der Waals surface area contributed by atoms with Crippen molar-refractivity contribution in [3.05, 3.63) is 25.0 Å². The molecule has 0 saturated carbocycles. The molecule has 0 aliphatic heterocycles. The molecule has 0 bridgehead atoms. The van der Waals surface area contributed by atoms with E-state index in [0.717, 1.165) is 12.7 Å². The van der Waals surface area contributed by atoms with Gasteiger partial charge in [0, 0.05) is 0 Å². The van der Waals surface area contributed by atoms with Crippen molar-refractivity contribution in [1.82, 2.24) is 0 Å². The van der Waals surface area contributed by atoms with Gasteiger partial charge >= 0.3 is 0 Å². The molecule has 0 rings (SSSR count). The molecular formula is C16H30O. The largest absolute Gasteiger partial charge is 0.516 e. The fourth-order valence-electron chi connectivity index (χ4n) is 2.04. The highest BCUT2D eigenvalue weighted by molar-refractivity contribution is 4.70. The number of hydrogen-bond donors (Lipinski definition) is 1. The van der Waals surface area contributed by atoms with Crippen LogP contribution in [0.2, 0.25) is 0 Å². The minimum absolute atomic E-state index is 1.03. The maximum absolute atomic E-state index is 8.46. The highest BCUT2D eigenvalue weighted by atomic mass is 16.2. The lowest BCUT2D eigenvalue weighted by Gasteiger charge is -2.01. The lowest BCUT2D eigenvalue weighted by molar-refractivity contribution is 0.469. The summed E-state index contributed by atoms with van der Waals surface area (Å²) in [6, 6.07) is 0. The zero-order valence-corrected chi connectivity index (χ0v) is 11.4. The molecule has 100 valence electrons. The van der Waals surface area contributed by atoms with Crippen LogP contribution in [0, 0.1) is 0 Å². The second-order valence-electron chi connectivity index (χ2n) is 4.79. The quantitative estimate of drug-likeness (QED) is 0.240. The molecule has 0 unspecified atom stereocenters. The summed E-state index contributed by atoms with van der Waals surface area (Å²) >= 11 is 0. The highest BCUT2D eigenvalue weighted by Crippen LogP contribution is 2.12. The van der Waals surface area contributed by atoms with Crippen LogP contribution in [0.4, 0.5) is 0 Å². The predicted molar refractivity (Wildman–Crippen MR) is 77.4 cm³/mol. The van der Waals surface area contributed by atoms with Crippen molar-refractivity contribution in [1.29, 1.82) is 0 Å². The molecule has 0 amide bonds. The number of hydrogen-bond acceptors (Lipinski definition) is 1. The van der Waals surface area contributed by atoms with Crippen LogP contribution >= 0.6 is 0 Å². The Morgan fingerprint density at radius 2 is 1.06 bits per heavy atom. The van der Waals surface area contributed by atoms with Gasteiger partial charge in [-0.1, -0.05) is 63.5 Å². The predicted octanol–water partition coefficient (Wildman–Crippen LogP) is 5.93. The Morgan fingerprint density at radius 3 is 1.47 bits per heavy atom. The van der Waals surface area contributed by atoms with E-state index in [1.54, 1.807) is 0 Å². The second-order valence-corrected chi connectivity index (χ2v) is 4.79. The van der Waals surface area contributed by atoms with E-state index in [-0.39, 0.29) is 0 Å². The van der Waals surface area contributed by atoms with E-state index in [1.807, 2.05) is 12.2 Å². The molecule has 0 aromatic rings. The van der Waals surface area contributed by atoms with Crippen molar-refractivity contribution >= 4 is 0 Å². The molecule has 0 atom stereocenters. The maximum atomic E-state index is 8.46. The molecule has 0 heterocycles. The smallest absolute Gasteiger partial charge is 0.0751 e. The Morgan fingerprint density at radius 1 is 0.647 bits per heavy atom. The average Bonchev–Trinajstić information content (AvgIpc) is 2.35. The average molecular weight is 238 g/mol. The van der Waals surface area contributed by atoms with Gasteiger partial charge in [0.2, 0.25) is 0 Å². The lowest BCUT2D eigenvalue weighted by Crippen LogP contribution is -1.82. The molecule has 0 aliphatic carbocycles. The molecule has 0 spiro atoms. The summed E-state index contributed by atoms with van der Waals surface area (Å²) in [5, 5.41) is 8.46. The zero-order valence-electron chi connectivity index (χ0n) is 11.4. The van der Waals surface area contributed by atoms with E-state index >= 15 is 0 Å². The molecule has 1 N–H and O–H groups in total. The third kappa shape index (κ3) is 15.3. The first-order valence-corrected chi connectivity index (χ1v) is 7.32. The fraction of sp³-hybridized carbons (Fsp3) is 0.750. The lowest BCUT2D eigenvalue weighted by atomic mass is 10.1. The molecule has 0 saturated heterocycles. The summed E-state index contributed by atoms with van der Waals surface area (Å²) in [4.78, 5) is 0. The summed E-state index contributed by atoms with van der Waals surface area (Å²) in [6.07, 6.45) is 20.8. The van der Waals surface area contributed by atoms with E-state index in [1.165, 1.54) is 70.6 Å². The van der Waals surface area contributed by atoms with Crippen molar-refractivity contribution in [3.8, 4) is 0 Å². The first-order valence-electron chi connectivity index (χ1n) is 7.32. The first kappa shape index (κ1) is 16.3. The summed E-state index contributed by atoms with van der Waals surface area (Å²) in [5.74, 6) is 0. The van der Waals surface area contributed by atoms with Crippen LogP contribution in [0.15, 0.2) is 25.0 Å². The van der Waals surface area contributed by atoms with Crippen LogP contribution < -0.4 is 0 Å². The van der Waals surface area contributed by atoms with Gasteiger partial charge in [-0.2, -0.15) is 0 Å². The van der Waals surface area contributed by atoms with Crippen LogP contribution in [0.3, 0.4) is 0 Å². The van der Waals surface area contributed by atoms with Crippen molar-refractivity contribution in [2.24, 2.45) is 0 Å². The van der Waals surface area contributed by atoms with Gasteiger partial charge in [-0.3, -0.25) is 0 Å². The van der Waals surface area contributed by atoms with Crippen molar-refractivity contribution in [2.75, 3.05) is 0 Å². The molecule has 0 fully saturated rings. The van der Waals surface area contributed by atoms with Gasteiger partial charge in [0.25, 0.3) is 0 Å². The van der Waals surface area contributed by atoms with Gasteiger partial charge < -0.3 is 5.11 Å².